The van der Waals surface area contributed by atoms with E-state index in [1.54, 1.807) is 30.5 Å². The average molecular weight is 444 g/mol. The van der Waals surface area contributed by atoms with Gasteiger partial charge in [0.1, 0.15) is 0 Å². The van der Waals surface area contributed by atoms with Crippen LogP contribution in [0.25, 0.3) is 0 Å². The zero-order chi connectivity index (χ0) is 23.5. The Hall–Kier alpha value is -3.16. The van der Waals surface area contributed by atoms with Crippen LogP contribution in [-0.4, -0.2) is 35.8 Å². The highest BCUT2D eigenvalue weighted by Gasteiger charge is 2.51. The molecule has 1 amide bonds. The molecular weight excluding hydrogens is 415 g/mol. The molecule has 0 radical (unpaired) electrons. The Morgan fingerprint density at radius 2 is 1.70 bits per heavy atom. The number of hydrogen-bond donors (Lipinski definition) is 1. The van der Waals surface area contributed by atoms with Gasteiger partial charge in [-0.1, -0.05) is 42.5 Å². The van der Waals surface area contributed by atoms with Gasteiger partial charge in [0.15, 0.2) is 0 Å². The van der Waals surface area contributed by atoms with Crippen LogP contribution in [0.1, 0.15) is 43.6 Å². The third kappa shape index (κ3) is 5.43. The van der Waals surface area contributed by atoms with Gasteiger partial charge in [-0.3, -0.25) is 4.79 Å². The number of nitrogens with zero attached hydrogens (tertiary/aromatic N) is 1. The molecule has 7 heteroatoms. The molecular formula is C26H29BN2O4. The van der Waals surface area contributed by atoms with Crippen molar-refractivity contribution in [3.63, 3.8) is 0 Å². The molecule has 1 fully saturated rings. The van der Waals surface area contributed by atoms with Gasteiger partial charge in [-0.2, -0.15) is 0 Å². The second-order valence-corrected chi connectivity index (χ2v) is 9.14. The lowest BCUT2D eigenvalue weighted by molar-refractivity contribution is 0.00578. The van der Waals surface area contributed by atoms with Gasteiger partial charge in [0.05, 0.1) is 29.7 Å². The first-order chi connectivity index (χ1) is 15.7. The van der Waals surface area contributed by atoms with Crippen LogP contribution < -0.4 is 15.5 Å². The van der Waals surface area contributed by atoms with E-state index in [1.807, 2.05) is 58.0 Å². The second kappa shape index (κ2) is 9.37. The topological polar surface area (TPSA) is 69.7 Å². The number of aromatic nitrogens is 1. The van der Waals surface area contributed by atoms with Gasteiger partial charge in [-0.15, -0.1) is 0 Å². The first-order valence-corrected chi connectivity index (χ1v) is 11.1. The standard InChI is InChI=1S/C26H29BN2O4/c1-25(2)26(3,4)33-27(32-25)21-12-8-11-20(17-21)24(30)29-22-13-14-23(28-18-22)31-16-15-19-9-6-5-7-10-19/h5-14,17-18H,15-16H2,1-4H3,(H,29,30). The van der Waals surface area contributed by atoms with Crippen LogP contribution in [0.15, 0.2) is 72.9 Å². The van der Waals surface area contributed by atoms with Crippen molar-refractivity contribution in [2.75, 3.05) is 11.9 Å². The average Bonchev–Trinajstić information content (AvgIpc) is 3.03. The highest BCUT2D eigenvalue weighted by atomic mass is 16.7. The molecule has 6 nitrogen and oxygen atoms in total. The molecule has 1 N–H and O–H groups in total. The summed E-state index contributed by atoms with van der Waals surface area (Å²) in [6.07, 6.45) is 2.40. The van der Waals surface area contributed by atoms with Gasteiger partial charge in [0, 0.05) is 18.1 Å². The fraction of sp³-hybridized carbons (Fsp3) is 0.308. The molecule has 1 saturated heterocycles. The summed E-state index contributed by atoms with van der Waals surface area (Å²) >= 11 is 0. The molecule has 0 unspecified atom stereocenters. The summed E-state index contributed by atoms with van der Waals surface area (Å²) in [5, 5.41) is 2.88. The highest BCUT2D eigenvalue weighted by molar-refractivity contribution is 6.62. The molecule has 2 heterocycles. The van der Waals surface area contributed by atoms with Gasteiger partial charge in [0.25, 0.3) is 5.91 Å². The Balaban J connectivity index is 1.34. The van der Waals surface area contributed by atoms with E-state index in [4.69, 9.17) is 14.0 Å². The van der Waals surface area contributed by atoms with Crippen LogP contribution >= 0.6 is 0 Å². The van der Waals surface area contributed by atoms with E-state index in [2.05, 4.69) is 22.4 Å². The van der Waals surface area contributed by atoms with Crippen molar-refractivity contribution < 1.29 is 18.8 Å². The van der Waals surface area contributed by atoms with Crippen LogP contribution in [0, 0.1) is 0 Å². The molecule has 0 saturated carbocycles. The molecule has 0 spiro atoms. The Bertz CT molecular complexity index is 1080. The summed E-state index contributed by atoms with van der Waals surface area (Å²) in [5.41, 5.74) is 2.26. The van der Waals surface area contributed by atoms with Crippen molar-refractivity contribution in [3.8, 4) is 5.88 Å². The summed E-state index contributed by atoms with van der Waals surface area (Å²) in [4.78, 5) is 17.1. The molecule has 1 aromatic heterocycles. The fourth-order valence-electron chi connectivity index (χ4n) is 3.47. The summed E-state index contributed by atoms with van der Waals surface area (Å²) in [5.74, 6) is 0.291. The first kappa shape index (κ1) is 23.0. The lowest BCUT2D eigenvalue weighted by atomic mass is 9.78. The number of carbonyl (C=O) groups excluding carboxylic acids is 1. The van der Waals surface area contributed by atoms with E-state index in [0.29, 0.717) is 23.7 Å². The number of benzene rings is 2. The number of rotatable bonds is 7. The minimum absolute atomic E-state index is 0.229. The molecule has 2 aromatic carbocycles. The third-order valence-corrected chi connectivity index (χ3v) is 6.15. The molecule has 33 heavy (non-hydrogen) atoms. The number of hydrogen-bond acceptors (Lipinski definition) is 5. The zero-order valence-electron chi connectivity index (χ0n) is 19.5. The number of pyridine rings is 1. The van der Waals surface area contributed by atoms with Crippen molar-refractivity contribution in [3.05, 3.63) is 84.1 Å². The normalized spacial score (nSPS) is 16.4. The molecule has 1 aliphatic rings. The Morgan fingerprint density at radius 3 is 2.36 bits per heavy atom. The van der Waals surface area contributed by atoms with E-state index in [9.17, 15) is 4.79 Å². The van der Waals surface area contributed by atoms with E-state index < -0.39 is 18.3 Å². The molecule has 4 rings (SSSR count). The smallest absolute Gasteiger partial charge is 0.477 e. The van der Waals surface area contributed by atoms with Crippen LogP contribution in [0.5, 0.6) is 5.88 Å². The Kier molecular flexibility index (Phi) is 6.54. The Morgan fingerprint density at radius 1 is 0.970 bits per heavy atom. The second-order valence-electron chi connectivity index (χ2n) is 9.14. The maximum Gasteiger partial charge on any atom is 0.494 e. The first-order valence-electron chi connectivity index (χ1n) is 11.1. The minimum Gasteiger partial charge on any atom is -0.477 e. The number of carbonyl (C=O) groups is 1. The number of nitrogens with one attached hydrogen (secondary N) is 1. The highest BCUT2D eigenvalue weighted by Crippen LogP contribution is 2.36. The maximum atomic E-state index is 12.8. The predicted octanol–water partition coefficient (Wildman–Crippen LogP) is 4.25. The van der Waals surface area contributed by atoms with Gasteiger partial charge < -0.3 is 19.4 Å². The van der Waals surface area contributed by atoms with Crippen LogP contribution in [0.3, 0.4) is 0 Å². The van der Waals surface area contributed by atoms with E-state index >= 15 is 0 Å². The van der Waals surface area contributed by atoms with Crippen molar-refractivity contribution in [2.45, 2.75) is 45.3 Å². The van der Waals surface area contributed by atoms with Crippen molar-refractivity contribution in [2.24, 2.45) is 0 Å². The molecule has 1 aliphatic heterocycles. The maximum absolute atomic E-state index is 12.8. The monoisotopic (exact) mass is 444 g/mol. The largest absolute Gasteiger partial charge is 0.494 e. The molecule has 0 bridgehead atoms. The molecule has 170 valence electrons. The van der Waals surface area contributed by atoms with E-state index in [0.717, 1.165) is 11.9 Å². The quantitative estimate of drug-likeness (QED) is 0.552. The molecule has 0 aliphatic carbocycles. The van der Waals surface area contributed by atoms with Crippen molar-refractivity contribution in [1.82, 2.24) is 4.98 Å². The summed E-state index contributed by atoms with van der Waals surface area (Å²) in [6, 6.07) is 21.0. The van der Waals surface area contributed by atoms with Crippen LogP contribution in [0.4, 0.5) is 5.69 Å². The van der Waals surface area contributed by atoms with E-state index in [1.165, 1.54) is 5.56 Å². The van der Waals surface area contributed by atoms with Gasteiger partial charge >= 0.3 is 7.12 Å². The summed E-state index contributed by atoms with van der Waals surface area (Å²) < 4.78 is 17.9. The third-order valence-electron chi connectivity index (χ3n) is 6.15. The van der Waals surface area contributed by atoms with Gasteiger partial charge in [-0.05, 0) is 56.9 Å². The van der Waals surface area contributed by atoms with Gasteiger partial charge in [0.2, 0.25) is 5.88 Å². The lowest BCUT2D eigenvalue weighted by Gasteiger charge is -2.32. The summed E-state index contributed by atoms with van der Waals surface area (Å²) in [7, 11) is -0.517. The SMILES string of the molecule is CC1(C)OB(c2cccc(C(=O)Nc3ccc(OCCc4ccccc4)nc3)c2)OC1(C)C. The van der Waals surface area contributed by atoms with Crippen LogP contribution in [-0.2, 0) is 15.7 Å². The van der Waals surface area contributed by atoms with Gasteiger partial charge in [-0.25, -0.2) is 4.98 Å². The Labute approximate surface area is 195 Å². The van der Waals surface area contributed by atoms with E-state index in [-0.39, 0.29) is 5.91 Å². The van der Waals surface area contributed by atoms with Crippen molar-refractivity contribution >= 4 is 24.2 Å². The fourth-order valence-corrected chi connectivity index (χ4v) is 3.47. The summed E-state index contributed by atoms with van der Waals surface area (Å²) in [6.45, 7) is 8.56. The molecule has 0 atom stereocenters. The molecule has 3 aromatic rings. The zero-order valence-corrected chi connectivity index (χ0v) is 19.5. The number of anilines is 1. The van der Waals surface area contributed by atoms with Crippen molar-refractivity contribution in [1.29, 1.82) is 0 Å². The lowest BCUT2D eigenvalue weighted by Crippen LogP contribution is -2.41. The number of ether oxygens (including phenoxy) is 1. The number of amides is 1. The van der Waals surface area contributed by atoms with Crippen LogP contribution in [0.2, 0.25) is 0 Å². The predicted molar refractivity (Wildman–Crippen MR) is 130 cm³/mol. The minimum atomic E-state index is -0.517.